The third-order valence-electron chi connectivity index (χ3n) is 6.58. The van der Waals surface area contributed by atoms with E-state index in [-0.39, 0.29) is 29.2 Å². The van der Waals surface area contributed by atoms with Crippen LogP contribution in [0.2, 0.25) is 5.02 Å². The number of halogens is 1. The number of carbonyl (C=O) groups excluding carboxylic acids is 1. The summed E-state index contributed by atoms with van der Waals surface area (Å²) in [6.07, 6.45) is 3.57. The molecule has 0 radical (unpaired) electrons. The van der Waals surface area contributed by atoms with Gasteiger partial charge in [0, 0.05) is 27.9 Å². The maximum Gasteiger partial charge on any atom is 0.234 e. The molecule has 164 valence electrons. The fourth-order valence-electron chi connectivity index (χ4n) is 4.45. The quantitative estimate of drug-likeness (QED) is 0.298. The lowest BCUT2D eigenvalue weighted by Crippen LogP contribution is -2.11. The number of aromatic amines is 1. The first kappa shape index (κ1) is 20.0. The second-order valence-corrected chi connectivity index (χ2v) is 8.99. The molecule has 33 heavy (non-hydrogen) atoms. The highest BCUT2D eigenvalue weighted by Crippen LogP contribution is 2.48. The number of nitrogens with one attached hydrogen (secondary N) is 1. The monoisotopic (exact) mass is 458 g/mol. The van der Waals surface area contributed by atoms with Gasteiger partial charge in [-0.05, 0) is 54.3 Å². The molecule has 1 saturated carbocycles. The smallest absolute Gasteiger partial charge is 0.234 e. The summed E-state index contributed by atoms with van der Waals surface area (Å²) in [5.74, 6) is -0.593. The van der Waals surface area contributed by atoms with Crippen LogP contribution in [0.25, 0.3) is 33.1 Å². The molecule has 0 unspecified atom stereocenters. The van der Waals surface area contributed by atoms with Crippen molar-refractivity contribution in [2.24, 2.45) is 0 Å². The van der Waals surface area contributed by atoms with E-state index >= 15 is 0 Å². The minimum absolute atomic E-state index is 0.0967. The summed E-state index contributed by atoms with van der Waals surface area (Å²) in [5, 5.41) is 22.0. The first-order valence-electron chi connectivity index (χ1n) is 10.6. The minimum atomic E-state index is -0.445. The molecule has 1 aliphatic rings. The van der Waals surface area contributed by atoms with Crippen LogP contribution in [-0.2, 0) is 5.41 Å². The fraction of sp³-hybridized carbons (Fsp3) is 0.154. The van der Waals surface area contributed by atoms with E-state index in [1.54, 1.807) is 30.5 Å². The molecule has 0 atom stereocenters. The van der Waals surface area contributed by atoms with Crippen LogP contribution in [0.1, 0.15) is 34.5 Å². The molecule has 1 fully saturated rings. The Morgan fingerprint density at radius 1 is 1.15 bits per heavy atom. The SMILES string of the molecule is O=C(c1cc2cccnc2o1)c1c(O)[nH]c2cc(Cl)c(-c3ccc(C4(CO)CC4)cc3)cc12. The molecule has 1 aliphatic carbocycles. The van der Waals surface area contributed by atoms with Crippen molar-refractivity contribution in [2.45, 2.75) is 18.3 Å². The van der Waals surface area contributed by atoms with Crippen LogP contribution in [0.5, 0.6) is 5.88 Å². The van der Waals surface area contributed by atoms with Crippen molar-refractivity contribution in [1.29, 1.82) is 0 Å². The van der Waals surface area contributed by atoms with E-state index in [1.807, 2.05) is 30.3 Å². The molecule has 3 aromatic heterocycles. The third-order valence-corrected chi connectivity index (χ3v) is 6.89. The minimum Gasteiger partial charge on any atom is -0.494 e. The van der Waals surface area contributed by atoms with Gasteiger partial charge in [0.15, 0.2) is 5.76 Å². The van der Waals surface area contributed by atoms with Crippen molar-refractivity contribution in [3.05, 3.63) is 82.7 Å². The van der Waals surface area contributed by atoms with Crippen LogP contribution in [-0.4, -0.2) is 32.6 Å². The van der Waals surface area contributed by atoms with Crippen molar-refractivity contribution >= 4 is 39.4 Å². The second kappa shape index (κ2) is 7.20. The molecule has 6 rings (SSSR count). The van der Waals surface area contributed by atoms with E-state index in [4.69, 9.17) is 16.0 Å². The van der Waals surface area contributed by atoms with E-state index in [9.17, 15) is 15.0 Å². The van der Waals surface area contributed by atoms with Gasteiger partial charge in [0.25, 0.3) is 0 Å². The summed E-state index contributed by atoms with van der Waals surface area (Å²) in [4.78, 5) is 20.3. The number of pyridine rings is 1. The number of hydrogen-bond acceptors (Lipinski definition) is 5. The largest absolute Gasteiger partial charge is 0.494 e. The molecular formula is C26H19ClN2O4. The van der Waals surface area contributed by atoms with E-state index in [1.165, 1.54) is 0 Å². The number of rotatable bonds is 5. The Labute approximate surface area is 193 Å². The van der Waals surface area contributed by atoms with Gasteiger partial charge in [0.05, 0.1) is 22.7 Å². The zero-order chi connectivity index (χ0) is 22.7. The highest BCUT2D eigenvalue weighted by Gasteiger charge is 2.43. The van der Waals surface area contributed by atoms with Crippen LogP contribution in [0.4, 0.5) is 0 Å². The number of hydrogen-bond donors (Lipinski definition) is 3. The topological polar surface area (TPSA) is 99.4 Å². The Hall–Kier alpha value is -3.61. The number of aliphatic hydroxyl groups is 1. The number of carbonyl (C=O) groups is 1. The second-order valence-electron chi connectivity index (χ2n) is 8.58. The number of aliphatic hydroxyl groups excluding tert-OH is 1. The number of fused-ring (bicyclic) bond motifs is 2. The zero-order valence-electron chi connectivity index (χ0n) is 17.4. The molecular weight excluding hydrogens is 440 g/mol. The lowest BCUT2D eigenvalue weighted by molar-refractivity contribution is 0.101. The molecule has 2 aromatic carbocycles. The predicted octanol–water partition coefficient (Wildman–Crippen LogP) is 5.59. The standard InChI is InChI=1S/C26H19ClN2O4/c27-19-12-20-18(11-17(19)14-3-5-16(6-4-14)26(13-30)7-8-26)22(24(32)29-20)23(31)21-10-15-2-1-9-28-25(15)33-21/h1-6,9-12,29-30,32H,7-8,13H2. The molecule has 5 aromatic rings. The van der Waals surface area contributed by atoms with Crippen molar-refractivity contribution in [3.63, 3.8) is 0 Å². The first-order valence-corrected chi connectivity index (χ1v) is 11.0. The molecule has 0 aliphatic heterocycles. The van der Waals surface area contributed by atoms with E-state index in [0.717, 1.165) is 29.5 Å². The Balaban J connectivity index is 1.44. The number of nitrogens with zero attached hydrogens (tertiary/aromatic N) is 1. The number of aromatic hydroxyl groups is 1. The first-order chi connectivity index (χ1) is 16.0. The Kier molecular flexibility index (Phi) is 4.37. The Morgan fingerprint density at radius 3 is 2.64 bits per heavy atom. The van der Waals surface area contributed by atoms with Gasteiger partial charge in [-0.15, -0.1) is 0 Å². The molecule has 6 nitrogen and oxygen atoms in total. The average molecular weight is 459 g/mol. The number of furan rings is 1. The van der Waals surface area contributed by atoms with E-state index in [2.05, 4.69) is 9.97 Å². The normalized spacial score (nSPS) is 14.7. The van der Waals surface area contributed by atoms with Crippen molar-refractivity contribution in [1.82, 2.24) is 9.97 Å². The molecule has 0 spiro atoms. The van der Waals surface area contributed by atoms with Gasteiger partial charge in [-0.25, -0.2) is 4.98 Å². The van der Waals surface area contributed by atoms with E-state index < -0.39 is 5.78 Å². The number of H-pyrrole nitrogens is 1. The van der Waals surface area contributed by atoms with Crippen LogP contribution < -0.4 is 0 Å². The van der Waals surface area contributed by atoms with Crippen molar-refractivity contribution in [3.8, 4) is 17.0 Å². The zero-order valence-corrected chi connectivity index (χ0v) is 18.2. The van der Waals surface area contributed by atoms with Crippen LogP contribution in [0.15, 0.2) is 65.2 Å². The number of ketones is 1. The lowest BCUT2D eigenvalue weighted by atomic mass is 9.94. The van der Waals surface area contributed by atoms with Gasteiger partial charge in [0.1, 0.15) is 0 Å². The molecule has 3 heterocycles. The predicted molar refractivity (Wildman–Crippen MR) is 126 cm³/mol. The highest BCUT2D eigenvalue weighted by atomic mass is 35.5. The Morgan fingerprint density at radius 2 is 1.94 bits per heavy atom. The lowest BCUT2D eigenvalue weighted by Gasteiger charge is -2.13. The van der Waals surface area contributed by atoms with Gasteiger partial charge >= 0.3 is 0 Å². The number of benzene rings is 2. The highest BCUT2D eigenvalue weighted by molar-refractivity contribution is 6.34. The van der Waals surface area contributed by atoms with Crippen LogP contribution >= 0.6 is 11.6 Å². The molecule has 3 N–H and O–H groups in total. The molecule has 7 heteroatoms. The molecule has 0 saturated heterocycles. The average Bonchev–Trinajstić information content (AvgIpc) is 3.40. The summed E-state index contributed by atoms with van der Waals surface area (Å²) in [5.41, 5.74) is 3.65. The van der Waals surface area contributed by atoms with Crippen LogP contribution in [0.3, 0.4) is 0 Å². The van der Waals surface area contributed by atoms with Crippen molar-refractivity contribution < 1.29 is 19.4 Å². The fourth-order valence-corrected chi connectivity index (χ4v) is 4.73. The summed E-state index contributed by atoms with van der Waals surface area (Å²) in [6.45, 7) is 0.143. The van der Waals surface area contributed by atoms with Gasteiger partial charge in [0.2, 0.25) is 17.4 Å². The maximum absolute atomic E-state index is 13.3. The van der Waals surface area contributed by atoms with Crippen molar-refractivity contribution in [2.75, 3.05) is 6.61 Å². The molecule has 0 amide bonds. The van der Waals surface area contributed by atoms with Crippen LogP contribution in [0, 0.1) is 0 Å². The third kappa shape index (κ3) is 3.14. The van der Waals surface area contributed by atoms with Gasteiger partial charge < -0.3 is 19.6 Å². The molecule has 0 bridgehead atoms. The summed E-state index contributed by atoms with van der Waals surface area (Å²) < 4.78 is 5.63. The maximum atomic E-state index is 13.3. The van der Waals surface area contributed by atoms with E-state index in [0.29, 0.717) is 27.0 Å². The number of aromatic nitrogens is 2. The van der Waals surface area contributed by atoms with Gasteiger partial charge in [-0.1, -0.05) is 35.9 Å². The van der Waals surface area contributed by atoms with Gasteiger partial charge in [-0.3, -0.25) is 4.79 Å². The summed E-state index contributed by atoms with van der Waals surface area (Å²) in [7, 11) is 0. The summed E-state index contributed by atoms with van der Waals surface area (Å²) in [6, 6.07) is 16.7. The Bertz CT molecular complexity index is 1510. The van der Waals surface area contributed by atoms with Gasteiger partial charge in [-0.2, -0.15) is 0 Å². The summed E-state index contributed by atoms with van der Waals surface area (Å²) >= 11 is 6.57.